The third-order valence-corrected chi connectivity index (χ3v) is 4.77. The van der Waals surface area contributed by atoms with Crippen molar-refractivity contribution >= 4 is 11.6 Å². The van der Waals surface area contributed by atoms with Gasteiger partial charge in [0.1, 0.15) is 6.07 Å². The van der Waals surface area contributed by atoms with Crippen molar-refractivity contribution in [2.45, 2.75) is 20.3 Å². The van der Waals surface area contributed by atoms with E-state index in [2.05, 4.69) is 11.0 Å². The topological polar surface area (TPSA) is 47.3 Å². The summed E-state index contributed by atoms with van der Waals surface area (Å²) < 4.78 is 0. The van der Waals surface area contributed by atoms with Crippen LogP contribution in [0.25, 0.3) is 0 Å². The Kier molecular flexibility index (Phi) is 5.04. The number of anilines is 1. The van der Waals surface area contributed by atoms with E-state index in [1.807, 2.05) is 61.2 Å². The van der Waals surface area contributed by atoms with Gasteiger partial charge in [-0.3, -0.25) is 4.79 Å². The van der Waals surface area contributed by atoms with Crippen LogP contribution in [-0.4, -0.2) is 37.0 Å². The minimum atomic E-state index is 0.108. The molecule has 0 aromatic heterocycles. The van der Waals surface area contributed by atoms with E-state index in [-0.39, 0.29) is 5.91 Å². The molecular weight excluding hydrogens is 310 g/mol. The van der Waals surface area contributed by atoms with Gasteiger partial charge in [0, 0.05) is 31.7 Å². The molecule has 0 bridgehead atoms. The summed E-state index contributed by atoms with van der Waals surface area (Å²) in [5, 5.41) is 9.32. The van der Waals surface area contributed by atoms with Gasteiger partial charge in [0.2, 0.25) is 0 Å². The molecule has 0 aliphatic carbocycles. The summed E-state index contributed by atoms with van der Waals surface area (Å²) in [6.45, 7) is 7.02. The number of rotatable bonds is 2. The van der Waals surface area contributed by atoms with Crippen LogP contribution < -0.4 is 4.90 Å². The highest BCUT2D eigenvalue weighted by Crippen LogP contribution is 2.22. The van der Waals surface area contributed by atoms with Gasteiger partial charge in [0.25, 0.3) is 5.91 Å². The van der Waals surface area contributed by atoms with Gasteiger partial charge in [-0.15, -0.1) is 0 Å². The average molecular weight is 333 g/mol. The first-order chi connectivity index (χ1) is 12.1. The number of hydrogen-bond donors (Lipinski definition) is 0. The monoisotopic (exact) mass is 333 g/mol. The predicted octanol–water partition coefficient (Wildman–Crippen LogP) is 3.53. The summed E-state index contributed by atoms with van der Waals surface area (Å²) in [6.07, 6.45) is 0.899. The zero-order valence-electron chi connectivity index (χ0n) is 14.8. The lowest BCUT2D eigenvalue weighted by Crippen LogP contribution is -2.35. The number of para-hydroxylation sites is 1. The number of aryl methyl sites for hydroxylation is 2. The van der Waals surface area contributed by atoms with Crippen LogP contribution in [0.2, 0.25) is 0 Å². The molecule has 0 unspecified atom stereocenters. The molecule has 4 nitrogen and oxygen atoms in total. The molecule has 1 fully saturated rings. The Balaban J connectivity index is 1.77. The van der Waals surface area contributed by atoms with Gasteiger partial charge < -0.3 is 9.80 Å². The molecule has 0 atom stereocenters. The van der Waals surface area contributed by atoms with Gasteiger partial charge >= 0.3 is 0 Å². The second kappa shape index (κ2) is 7.40. The highest BCUT2D eigenvalue weighted by atomic mass is 16.2. The van der Waals surface area contributed by atoms with Crippen molar-refractivity contribution in [1.29, 1.82) is 5.26 Å². The number of hydrogen-bond acceptors (Lipinski definition) is 3. The minimum Gasteiger partial charge on any atom is -0.369 e. The van der Waals surface area contributed by atoms with Crippen molar-refractivity contribution < 1.29 is 4.79 Å². The highest BCUT2D eigenvalue weighted by Gasteiger charge is 2.22. The van der Waals surface area contributed by atoms with Crippen molar-refractivity contribution in [1.82, 2.24) is 4.90 Å². The largest absolute Gasteiger partial charge is 0.369 e. The zero-order valence-corrected chi connectivity index (χ0v) is 14.8. The van der Waals surface area contributed by atoms with E-state index in [1.54, 1.807) is 0 Å². The van der Waals surface area contributed by atoms with Crippen molar-refractivity contribution in [2.24, 2.45) is 0 Å². The van der Waals surface area contributed by atoms with Crippen LogP contribution in [0.4, 0.5) is 5.69 Å². The molecule has 2 aromatic rings. The van der Waals surface area contributed by atoms with Crippen molar-refractivity contribution in [3.05, 3.63) is 64.7 Å². The molecular formula is C21H23N3O. The molecule has 25 heavy (non-hydrogen) atoms. The van der Waals surface area contributed by atoms with Crippen molar-refractivity contribution in [3.63, 3.8) is 0 Å². The molecule has 4 heteroatoms. The van der Waals surface area contributed by atoms with Gasteiger partial charge in [-0.25, -0.2) is 0 Å². The fraction of sp³-hybridized carbons (Fsp3) is 0.333. The minimum absolute atomic E-state index is 0.108. The summed E-state index contributed by atoms with van der Waals surface area (Å²) in [5.74, 6) is 0.108. The molecule has 1 aliphatic rings. The SMILES string of the molecule is Cc1ccc(C)c(C(=O)N2CCCN(c3ccccc3C#N)CC2)c1. The number of nitriles is 1. The Morgan fingerprint density at radius 2 is 1.84 bits per heavy atom. The van der Waals surface area contributed by atoms with Crippen LogP contribution in [0.5, 0.6) is 0 Å². The first-order valence-corrected chi connectivity index (χ1v) is 8.71. The maximum Gasteiger partial charge on any atom is 0.254 e. The van der Waals surface area contributed by atoms with Gasteiger partial charge in [-0.05, 0) is 44.0 Å². The summed E-state index contributed by atoms with van der Waals surface area (Å²) in [6, 6.07) is 16.0. The fourth-order valence-electron chi connectivity index (χ4n) is 3.34. The van der Waals surface area contributed by atoms with Crippen molar-refractivity contribution in [3.8, 4) is 6.07 Å². The Morgan fingerprint density at radius 1 is 1.04 bits per heavy atom. The lowest BCUT2D eigenvalue weighted by molar-refractivity contribution is 0.0766. The quantitative estimate of drug-likeness (QED) is 0.845. The molecule has 2 aromatic carbocycles. The van der Waals surface area contributed by atoms with Crippen LogP contribution in [-0.2, 0) is 0 Å². The normalized spacial score (nSPS) is 14.8. The third-order valence-electron chi connectivity index (χ3n) is 4.77. The smallest absolute Gasteiger partial charge is 0.254 e. The van der Waals surface area contributed by atoms with Gasteiger partial charge in [0.15, 0.2) is 0 Å². The third kappa shape index (κ3) is 3.66. The number of carbonyl (C=O) groups is 1. The van der Waals surface area contributed by atoms with Crippen LogP contribution in [0.3, 0.4) is 0 Å². The molecule has 1 aliphatic heterocycles. The number of nitrogens with zero attached hydrogens (tertiary/aromatic N) is 3. The van der Waals surface area contributed by atoms with Crippen LogP contribution in [0.15, 0.2) is 42.5 Å². The van der Waals surface area contributed by atoms with Crippen LogP contribution in [0, 0.1) is 25.2 Å². The van der Waals surface area contributed by atoms with Crippen molar-refractivity contribution in [2.75, 3.05) is 31.1 Å². The Hall–Kier alpha value is -2.80. The number of amides is 1. The molecule has 0 spiro atoms. The van der Waals surface area contributed by atoms with Crippen LogP contribution >= 0.6 is 0 Å². The molecule has 0 radical (unpaired) electrons. The fourth-order valence-corrected chi connectivity index (χ4v) is 3.34. The highest BCUT2D eigenvalue weighted by molar-refractivity contribution is 5.96. The molecule has 128 valence electrons. The predicted molar refractivity (Wildman–Crippen MR) is 99.8 cm³/mol. The van der Waals surface area contributed by atoms with Gasteiger partial charge in [-0.1, -0.05) is 29.8 Å². The van der Waals surface area contributed by atoms with Crippen LogP contribution in [0.1, 0.15) is 33.5 Å². The van der Waals surface area contributed by atoms with E-state index < -0.39 is 0 Å². The number of carbonyl (C=O) groups excluding carboxylic acids is 1. The maximum absolute atomic E-state index is 12.9. The summed E-state index contributed by atoms with van der Waals surface area (Å²) in [4.78, 5) is 17.1. The molecule has 0 saturated carbocycles. The molecule has 3 rings (SSSR count). The Morgan fingerprint density at radius 3 is 2.64 bits per heavy atom. The molecule has 1 saturated heterocycles. The summed E-state index contributed by atoms with van der Waals surface area (Å²) in [5.41, 5.74) is 4.58. The van der Waals surface area contributed by atoms with E-state index >= 15 is 0 Å². The molecule has 1 heterocycles. The average Bonchev–Trinajstić information content (AvgIpc) is 2.89. The molecule has 1 amide bonds. The van der Waals surface area contributed by atoms with E-state index in [9.17, 15) is 10.1 Å². The Labute approximate surface area is 149 Å². The molecule has 0 N–H and O–H groups in total. The van der Waals surface area contributed by atoms with Gasteiger partial charge in [0.05, 0.1) is 11.3 Å². The lowest BCUT2D eigenvalue weighted by atomic mass is 10.0. The van der Waals surface area contributed by atoms with E-state index in [0.29, 0.717) is 12.1 Å². The standard InChI is InChI=1S/C21H23N3O/c1-16-8-9-17(2)19(14-16)21(25)24-11-5-10-23(12-13-24)20-7-4-3-6-18(20)15-22/h3-4,6-9,14H,5,10-13H2,1-2H3. The maximum atomic E-state index is 12.9. The lowest BCUT2D eigenvalue weighted by Gasteiger charge is -2.25. The zero-order chi connectivity index (χ0) is 17.8. The second-order valence-corrected chi connectivity index (χ2v) is 6.58. The summed E-state index contributed by atoms with van der Waals surface area (Å²) >= 11 is 0. The first-order valence-electron chi connectivity index (χ1n) is 8.71. The van der Waals surface area contributed by atoms with E-state index in [0.717, 1.165) is 48.4 Å². The second-order valence-electron chi connectivity index (χ2n) is 6.58. The van der Waals surface area contributed by atoms with E-state index in [1.165, 1.54) is 0 Å². The number of benzene rings is 2. The van der Waals surface area contributed by atoms with E-state index in [4.69, 9.17) is 0 Å². The van der Waals surface area contributed by atoms with Gasteiger partial charge in [-0.2, -0.15) is 5.26 Å². The Bertz CT molecular complexity index is 822. The first kappa shape index (κ1) is 17.0. The summed E-state index contributed by atoms with van der Waals surface area (Å²) in [7, 11) is 0.